The summed E-state index contributed by atoms with van der Waals surface area (Å²) < 4.78 is 64.3. The van der Waals surface area contributed by atoms with Gasteiger partial charge in [-0.05, 0) is 24.3 Å². The number of aromatic nitrogens is 1. The Hall–Kier alpha value is -2.07. The van der Waals surface area contributed by atoms with E-state index in [0.717, 1.165) is 36.2 Å². The van der Waals surface area contributed by atoms with Gasteiger partial charge in [0.05, 0.1) is 16.3 Å². The van der Waals surface area contributed by atoms with Crippen LogP contribution >= 0.6 is 23.4 Å². The second kappa shape index (κ2) is 8.74. The normalized spacial score (nSPS) is 15.0. The van der Waals surface area contributed by atoms with Gasteiger partial charge < -0.3 is 9.80 Å². The van der Waals surface area contributed by atoms with E-state index in [2.05, 4.69) is 4.98 Å². The number of carbonyl (C=O) groups is 1. The molecule has 2 aromatic rings. The van der Waals surface area contributed by atoms with E-state index in [-0.39, 0.29) is 22.5 Å². The van der Waals surface area contributed by atoms with E-state index in [9.17, 15) is 26.7 Å². The molecule has 1 amide bonds. The molecule has 4 nitrogen and oxygen atoms in total. The molecule has 1 aromatic carbocycles. The number of nitrogens with zero attached hydrogens (tertiary/aromatic N) is 3. The average molecular weight is 452 g/mol. The van der Waals surface area contributed by atoms with Gasteiger partial charge in [0.1, 0.15) is 5.82 Å². The second-order valence-electron chi connectivity index (χ2n) is 6.26. The van der Waals surface area contributed by atoms with Crippen molar-refractivity contribution in [1.82, 2.24) is 9.88 Å². The lowest BCUT2D eigenvalue weighted by molar-refractivity contribution is -0.137. The Bertz CT molecular complexity index is 904. The van der Waals surface area contributed by atoms with Crippen molar-refractivity contribution in [3.8, 4) is 0 Å². The van der Waals surface area contributed by atoms with Gasteiger partial charge in [-0.1, -0.05) is 11.6 Å². The first-order chi connectivity index (χ1) is 13.6. The van der Waals surface area contributed by atoms with Gasteiger partial charge in [0.2, 0.25) is 5.91 Å². The summed E-state index contributed by atoms with van der Waals surface area (Å²) in [5, 5.41) is -0.103. The van der Waals surface area contributed by atoms with Crippen LogP contribution in [0.3, 0.4) is 0 Å². The molecule has 1 saturated heterocycles. The highest BCUT2D eigenvalue weighted by molar-refractivity contribution is 8.00. The fraction of sp³-hybridized carbons (Fsp3) is 0.333. The second-order valence-corrected chi connectivity index (χ2v) is 7.72. The van der Waals surface area contributed by atoms with Gasteiger partial charge in [-0.25, -0.2) is 13.8 Å². The Balaban J connectivity index is 1.54. The van der Waals surface area contributed by atoms with Gasteiger partial charge >= 0.3 is 6.18 Å². The van der Waals surface area contributed by atoms with Crippen molar-refractivity contribution in [1.29, 1.82) is 0 Å². The molecule has 0 bridgehead atoms. The third-order valence-corrected chi connectivity index (χ3v) is 5.59. The zero-order valence-corrected chi connectivity index (χ0v) is 16.4. The highest BCUT2D eigenvalue weighted by Crippen LogP contribution is 2.33. The predicted molar refractivity (Wildman–Crippen MR) is 100 cm³/mol. The number of benzene rings is 1. The van der Waals surface area contributed by atoms with Crippen molar-refractivity contribution >= 4 is 35.1 Å². The van der Waals surface area contributed by atoms with Crippen LogP contribution in [-0.4, -0.2) is 47.7 Å². The molecular formula is C18H15ClF5N3OS. The first-order valence-corrected chi connectivity index (χ1v) is 9.85. The largest absolute Gasteiger partial charge is 0.417 e. The summed E-state index contributed by atoms with van der Waals surface area (Å²) >= 11 is 7.06. The van der Waals surface area contributed by atoms with Crippen LogP contribution in [0.2, 0.25) is 5.02 Å². The third-order valence-electron chi connectivity index (χ3n) is 4.33. The Morgan fingerprint density at radius 3 is 2.38 bits per heavy atom. The van der Waals surface area contributed by atoms with Gasteiger partial charge in [-0.3, -0.25) is 4.79 Å². The summed E-state index contributed by atoms with van der Waals surface area (Å²) in [6.45, 7) is 1.41. The monoisotopic (exact) mass is 451 g/mol. The smallest absolute Gasteiger partial charge is 0.352 e. The molecule has 29 heavy (non-hydrogen) atoms. The maximum absolute atomic E-state index is 13.2. The third kappa shape index (κ3) is 5.30. The van der Waals surface area contributed by atoms with E-state index < -0.39 is 23.4 Å². The molecule has 0 radical (unpaired) electrons. The molecule has 1 aliphatic rings. The summed E-state index contributed by atoms with van der Waals surface area (Å²) in [4.78, 5) is 19.9. The first-order valence-electron chi connectivity index (χ1n) is 8.48. The van der Waals surface area contributed by atoms with Crippen molar-refractivity contribution in [3.63, 3.8) is 0 Å². The summed E-state index contributed by atoms with van der Waals surface area (Å²) in [6.07, 6.45) is -3.79. The zero-order valence-electron chi connectivity index (χ0n) is 14.8. The van der Waals surface area contributed by atoms with Crippen molar-refractivity contribution in [2.75, 3.05) is 36.8 Å². The number of hydrogen-bond acceptors (Lipinski definition) is 4. The maximum Gasteiger partial charge on any atom is 0.417 e. The van der Waals surface area contributed by atoms with Gasteiger partial charge in [-0.15, -0.1) is 11.8 Å². The van der Waals surface area contributed by atoms with Gasteiger partial charge in [0, 0.05) is 37.3 Å². The zero-order chi connectivity index (χ0) is 21.2. The molecule has 0 spiro atoms. The van der Waals surface area contributed by atoms with E-state index in [1.807, 2.05) is 0 Å². The lowest BCUT2D eigenvalue weighted by atomic mass is 10.2. The SMILES string of the molecule is O=C(CSc1ccc(F)c(F)c1)N1CCN(c2ncc(C(F)(F)F)cc2Cl)CC1. The minimum Gasteiger partial charge on any atom is -0.352 e. The van der Waals surface area contributed by atoms with Crippen molar-refractivity contribution in [2.45, 2.75) is 11.1 Å². The van der Waals surface area contributed by atoms with Crippen LogP contribution in [0.25, 0.3) is 0 Å². The fourth-order valence-electron chi connectivity index (χ4n) is 2.79. The molecule has 0 N–H and O–H groups in total. The summed E-state index contributed by atoms with van der Waals surface area (Å²) in [5.41, 5.74) is -0.922. The average Bonchev–Trinajstić information content (AvgIpc) is 2.68. The van der Waals surface area contributed by atoms with Crippen molar-refractivity contribution in [2.24, 2.45) is 0 Å². The lowest BCUT2D eigenvalue weighted by Crippen LogP contribution is -2.49. The number of piperazine rings is 1. The molecule has 0 unspecified atom stereocenters. The molecule has 1 fully saturated rings. The number of hydrogen-bond donors (Lipinski definition) is 0. The predicted octanol–water partition coefficient (Wildman–Crippen LogP) is 4.47. The Morgan fingerprint density at radius 1 is 1.10 bits per heavy atom. The molecule has 0 saturated carbocycles. The molecule has 156 valence electrons. The Morgan fingerprint density at radius 2 is 1.79 bits per heavy atom. The number of halogens is 6. The molecule has 0 aliphatic carbocycles. The topological polar surface area (TPSA) is 36.4 Å². The highest BCUT2D eigenvalue weighted by Gasteiger charge is 2.32. The highest BCUT2D eigenvalue weighted by atomic mass is 35.5. The summed E-state index contributed by atoms with van der Waals surface area (Å²) in [5.74, 6) is -1.80. The lowest BCUT2D eigenvalue weighted by Gasteiger charge is -2.35. The maximum atomic E-state index is 13.2. The number of rotatable bonds is 4. The molecular weight excluding hydrogens is 437 g/mol. The van der Waals surface area contributed by atoms with Gasteiger partial charge in [-0.2, -0.15) is 13.2 Å². The van der Waals surface area contributed by atoms with E-state index in [1.165, 1.54) is 6.07 Å². The number of amides is 1. The number of pyridine rings is 1. The number of alkyl halides is 3. The van der Waals surface area contributed by atoms with E-state index >= 15 is 0 Å². The van der Waals surface area contributed by atoms with Crippen molar-refractivity contribution < 1.29 is 26.7 Å². The van der Waals surface area contributed by atoms with Crippen LogP contribution in [0.4, 0.5) is 27.8 Å². The minimum absolute atomic E-state index is 0.0599. The van der Waals surface area contributed by atoms with Crippen LogP contribution in [0.5, 0.6) is 0 Å². The van der Waals surface area contributed by atoms with E-state index in [4.69, 9.17) is 11.6 Å². The summed E-state index contributed by atoms with van der Waals surface area (Å²) in [6, 6.07) is 4.26. The summed E-state index contributed by atoms with van der Waals surface area (Å²) in [7, 11) is 0. The standard InChI is InChI=1S/C18H15ClF5N3OS/c19-13-7-11(18(22,23)24)9-25-17(13)27-5-3-26(4-6-27)16(28)10-29-12-1-2-14(20)15(21)8-12/h1-2,7-9H,3-6,10H2. The van der Waals surface area contributed by atoms with E-state index in [0.29, 0.717) is 31.1 Å². The molecule has 11 heteroatoms. The minimum atomic E-state index is -4.52. The fourth-order valence-corrected chi connectivity index (χ4v) is 3.90. The van der Waals surface area contributed by atoms with Crippen LogP contribution in [0, 0.1) is 11.6 Å². The van der Waals surface area contributed by atoms with E-state index in [1.54, 1.807) is 9.80 Å². The van der Waals surface area contributed by atoms with Crippen LogP contribution in [-0.2, 0) is 11.0 Å². The number of thioether (sulfide) groups is 1. The molecule has 1 aromatic heterocycles. The molecule has 2 heterocycles. The van der Waals surface area contributed by atoms with Crippen molar-refractivity contribution in [3.05, 3.63) is 52.7 Å². The Labute approximate surface area is 172 Å². The number of anilines is 1. The van der Waals surface area contributed by atoms with Gasteiger partial charge in [0.25, 0.3) is 0 Å². The first kappa shape index (κ1) is 21.6. The number of carbonyl (C=O) groups excluding carboxylic acids is 1. The molecule has 3 rings (SSSR count). The van der Waals surface area contributed by atoms with Gasteiger partial charge in [0.15, 0.2) is 11.6 Å². The quantitative estimate of drug-likeness (QED) is 0.507. The Kier molecular flexibility index (Phi) is 6.52. The molecule has 1 aliphatic heterocycles. The van der Waals surface area contributed by atoms with Crippen LogP contribution in [0.15, 0.2) is 35.4 Å². The van der Waals surface area contributed by atoms with Crippen LogP contribution < -0.4 is 4.90 Å². The van der Waals surface area contributed by atoms with Crippen LogP contribution in [0.1, 0.15) is 5.56 Å². The molecule has 0 atom stereocenters.